The van der Waals surface area contributed by atoms with Crippen LogP contribution in [0.3, 0.4) is 0 Å². The highest BCUT2D eigenvalue weighted by atomic mass is 16.5. The number of carbonyl (C=O) groups is 1. The fourth-order valence-electron chi connectivity index (χ4n) is 3.49. The van der Waals surface area contributed by atoms with E-state index in [1.54, 1.807) is 7.11 Å². The Balaban J connectivity index is 1.91. The van der Waals surface area contributed by atoms with E-state index in [0.717, 1.165) is 18.6 Å². The van der Waals surface area contributed by atoms with Crippen molar-refractivity contribution in [1.82, 2.24) is 0 Å². The molecule has 0 amide bonds. The lowest BCUT2D eigenvalue weighted by Gasteiger charge is -2.35. The lowest BCUT2D eigenvalue weighted by atomic mass is 9.69. The van der Waals surface area contributed by atoms with Gasteiger partial charge in [-0.05, 0) is 49.0 Å². The van der Waals surface area contributed by atoms with Crippen molar-refractivity contribution in [1.29, 1.82) is 0 Å². The molecule has 0 N–H and O–H groups in total. The number of carbonyl (C=O) groups excluding carboxylic acids is 1. The van der Waals surface area contributed by atoms with Crippen LogP contribution in [0.25, 0.3) is 0 Å². The van der Waals surface area contributed by atoms with Crippen LogP contribution in [0.2, 0.25) is 0 Å². The monoisotopic (exact) mass is 256 g/mol. The van der Waals surface area contributed by atoms with Crippen LogP contribution in [-0.2, 0) is 4.79 Å². The molecule has 0 aliphatic heterocycles. The molecule has 19 heavy (non-hydrogen) atoms. The predicted molar refractivity (Wildman–Crippen MR) is 75.4 cm³/mol. The molecule has 2 aliphatic carbocycles. The largest absolute Gasteiger partial charge is 0.497 e. The van der Waals surface area contributed by atoms with E-state index < -0.39 is 0 Å². The third-order valence-electron chi connectivity index (χ3n) is 4.50. The molecule has 2 atom stereocenters. The maximum atomic E-state index is 11.7. The first-order valence-electron chi connectivity index (χ1n) is 7.16. The van der Waals surface area contributed by atoms with Crippen molar-refractivity contribution in [2.45, 2.75) is 38.0 Å². The van der Waals surface area contributed by atoms with Crippen molar-refractivity contribution < 1.29 is 9.53 Å². The van der Waals surface area contributed by atoms with Gasteiger partial charge in [0.05, 0.1) is 7.11 Å². The smallest absolute Gasteiger partial charge is 0.155 e. The van der Waals surface area contributed by atoms with E-state index >= 15 is 0 Å². The molecule has 0 radical (unpaired) electrons. The first kappa shape index (κ1) is 12.5. The molecule has 0 unspecified atom stereocenters. The Kier molecular flexibility index (Phi) is 3.41. The number of hydrogen-bond donors (Lipinski definition) is 0. The summed E-state index contributed by atoms with van der Waals surface area (Å²) in [6.45, 7) is 0. The minimum atomic E-state index is 0.312. The molecular formula is C17H20O2. The summed E-state index contributed by atoms with van der Waals surface area (Å²) < 4.78 is 5.21. The topological polar surface area (TPSA) is 26.3 Å². The average Bonchev–Trinajstić information content (AvgIpc) is 2.47. The molecule has 0 spiro atoms. The SMILES string of the molecule is COc1ccc([C@H]2CCC[C@@H]3CCC(=O)C=C32)cc1. The zero-order valence-electron chi connectivity index (χ0n) is 11.4. The molecule has 100 valence electrons. The maximum Gasteiger partial charge on any atom is 0.155 e. The third-order valence-corrected chi connectivity index (χ3v) is 4.50. The Morgan fingerprint density at radius 1 is 1.11 bits per heavy atom. The van der Waals surface area contributed by atoms with Crippen LogP contribution in [0.1, 0.15) is 43.6 Å². The van der Waals surface area contributed by atoms with Crippen molar-refractivity contribution in [2.24, 2.45) is 5.92 Å². The Morgan fingerprint density at radius 3 is 2.63 bits per heavy atom. The molecule has 0 saturated heterocycles. The first-order chi connectivity index (χ1) is 9.28. The normalized spacial score (nSPS) is 26.6. The minimum absolute atomic E-state index is 0.312. The Labute approximate surface area is 114 Å². The molecular weight excluding hydrogens is 236 g/mol. The fraction of sp³-hybridized carbons (Fsp3) is 0.471. The summed E-state index contributed by atoms with van der Waals surface area (Å²) in [5.41, 5.74) is 2.71. The lowest BCUT2D eigenvalue weighted by Crippen LogP contribution is -2.23. The van der Waals surface area contributed by atoms with Gasteiger partial charge in [0.1, 0.15) is 5.75 Å². The quantitative estimate of drug-likeness (QED) is 0.803. The summed E-state index contributed by atoms with van der Waals surface area (Å²) in [4.78, 5) is 11.7. The first-order valence-corrected chi connectivity index (χ1v) is 7.16. The van der Waals surface area contributed by atoms with Crippen molar-refractivity contribution in [3.8, 4) is 5.75 Å². The number of benzene rings is 1. The van der Waals surface area contributed by atoms with Crippen molar-refractivity contribution >= 4 is 5.78 Å². The number of rotatable bonds is 2. The molecule has 2 aliphatic rings. The van der Waals surface area contributed by atoms with Crippen LogP contribution in [0.15, 0.2) is 35.9 Å². The van der Waals surface area contributed by atoms with E-state index in [4.69, 9.17) is 4.74 Å². The minimum Gasteiger partial charge on any atom is -0.497 e. The third kappa shape index (κ3) is 2.44. The van der Waals surface area contributed by atoms with Gasteiger partial charge in [0.15, 0.2) is 5.78 Å². The van der Waals surface area contributed by atoms with Gasteiger partial charge in [0, 0.05) is 12.3 Å². The van der Waals surface area contributed by atoms with Gasteiger partial charge in [-0.1, -0.05) is 24.1 Å². The molecule has 1 aromatic rings. The predicted octanol–water partition coefficient (Wildman–Crippen LogP) is 3.87. The van der Waals surface area contributed by atoms with Gasteiger partial charge in [-0.15, -0.1) is 0 Å². The van der Waals surface area contributed by atoms with E-state index in [1.165, 1.54) is 30.4 Å². The van der Waals surface area contributed by atoms with Gasteiger partial charge in [-0.2, -0.15) is 0 Å². The van der Waals surface area contributed by atoms with Crippen LogP contribution < -0.4 is 4.74 Å². The van der Waals surface area contributed by atoms with Gasteiger partial charge < -0.3 is 4.74 Å². The molecule has 3 rings (SSSR count). The van der Waals surface area contributed by atoms with Crippen LogP contribution in [-0.4, -0.2) is 12.9 Å². The summed E-state index contributed by atoms with van der Waals surface area (Å²) in [5.74, 6) is 2.28. The Hall–Kier alpha value is -1.57. The van der Waals surface area contributed by atoms with Gasteiger partial charge in [0.25, 0.3) is 0 Å². The van der Waals surface area contributed by atoms with Crippen LogP contribution >= 0.6 is 0 Å². The number of methoxy groups -OCH3 is 1. The lowest BCUT2D eigenvalue weighted by molar-refractivity contribution is -0.115. The second kappa shape index (κ2) is 5.20. The van der Waals surface area contributed by atoms with E-state index in [0.29, 0.717) is 17.6 Å². The molecule has 0 bridgehead atoms. The molecule has 1 fully saturated rings. The maximum absolute atomic E-state index is 11.7. The van der Waals surface area contributed by atoms with Crippen molar-refractivity contribution in [3.63, 3.8) is 0 Å². The Bertz CT molecular complexity index is 498. The van der Waals surface area contributed by atoms with Crippen molar-refractivity contribution in [2.75, 3.05) is 7.11 Å². The van der Waals surface area contributed by atoms with Gasteiger partial charge in [-0.25, -0.2) is 0 Å². The molecule has 2 nitrogen and oxygen atoms in total. The standard InChI is InChI=1S/C17H20O2/c1-19-15-9-6-13(7-10-15)16-4-2-3-12-5-8-14(18)11-17(12)16/h6-7,9-12,16H,2-5,8H2,1H3/t12-,16-/m1/s1. The summed E-state index contributed by atoms with van der Waals surface area (Å²) in [7, 11) is 1.69. The molecule has 0 aromatic heterocycles. The van der Waals surface area contributed by atoms with E-state index in [1.807, 2.05) is 18.2 Å². The molecule has 1 aromatic carbocycles. The van der Waals surface area contributed by atoms with Crippen LogP contribution in [0.5, 0.6) is 5.75 Å². The summed E-state index contributed by atoms with van der Waals surface area (Å²) >= 11 is 0. The highest BCUT2D eigenvalue weighted by Crippen LogP contribution is 2.44. The van der Waals surface area contributed by atoms with Gasteiger partial charge >= 0.3 is 0 Å². The number of fused-ring (bicyclic) bond motifs is 1. The summed E-state index contributed by atoms with van der Waals surface area (Å²) in [6.07, 6.45) is 7.42. The zero-order valence-corrected chi connectivity index (χ0v) is 11.4. The highest BCUT2D eigenvalue weighted by Gasteiger charge is 2.31. The van der Waals surface area contributed by atoms with Crippen LogP contribution in [0.4, 0.5) is 0 Å². The number of hydrogen-bond acceptors (Lipinski definition) is 2. The second-order valence-corrected chi connectivity index (χ2v) is 5.60. The van der Waals surface area contributed by atoms with Crippen LogP contribution in [0, 0.1) is 5.92 Å². The second-order valence-electron chi connectivity index (χ2n) is 5.60. The molecule has 0 heterocycles. The summed E-state index contributed by atoms with van der Waals surface area (Å²) in [6, 6.07) is 8.33. The zero-order chi connectivity index (χ0) is 13.2. The summed E-state index contributed by atoms with van der Waals surface area (Å²) in [5, 5.41) is 0. The van der Waals surface area contributed by atoms with Gasteiger partial charge in [-0.3, -0.25) is 4.79 Å². The fourth-order valence-corrected chi connectivity index (χ4v) is 3.49. The number of ether oxygens (including phenoxy) is 1. The van der Waals surface area contributed by atoms with Gasteiger partial charge in [0.2, 0.25) is 0 Å². The van der Waals surface area contributed by atoms with E-state index in [2.05, 4.69) is 12.1 Å². The average molecular weight is 256 g/mol. The number of allylic oxidation sites excluding steroid dienone is 2. The molecule has 2 heteroatoms. The van der Waals surface area contributed by atoms with E-state index in [-0.39, 0.29) is 0 Å². The Morgan fingerprint density at radius 2 is 1.89 bits per heavy atom. The van der Waals surface area contributed by atoms with Crippen molar-refractivity contribution in [3.05, 3.63) is 41.5 Å². The molecule has 1 saturated carbocycles. The highest BCUT2D eigenvalue weighted by molar-refractivity contribution is 5.91. The number of ketones is 1. The van der Waals surface area contributed by atoms with E-state index in [9.17, 15) is 4.79 Å².